The summed E-state index contributed by atoms with van der Waals surface area (Å²) in [5.41, 5.74) is 4.80. The predicted octanol–water partition coefficient (Wildman–Crippen LogP) is 2.03. The summed E-state index contributed by atoms with van der Waals surface area (Å²) in [6, 6.07) is -0.850. The number of hydrogen-bond acceptors (Lipinski definition) is 14. The summed E-state index contributed by atoms with van der Waals surface area (Å²) < 4.78 is 36.5. The second-order valence-corrected chi connectivity index (χ2v) is 13.7. The van der Waals surface area contributed by atoms with Crippen LogP contribution in [0.5, 0.6) is 0 Å². The van der Waals surface area contributed by atoms with E-state index in [1.807, 2.05) is 0 Å². The zero-order chi connectivity index (χ0) is 31.0. The van der Waals surface area contributed by atoms with Gasteiger partial charge >= 0.3 is 13.5 Å². The number of aromatic nitrogens is 2. The van der Waals surface area contributed by atoms with Crippen molar-refractivity contribution in [2.24, 2.45) is 5.11 Å². The lowest BCUT2D eigenvalue weighted by atomic mass is 10.1. The molecule has 0 amide bonds. The first-order valence-electron chi connectivity index (χ1n) is 12.3. The van der Waals surface area contributed by atoms with E-state index in [9.17, 15) is 34.0 Å². The highest BCUT2D eigenvalue weighted by molar-refractivity contribution is 8.14. The van der Waals surface area contributed by atoms with E-state index >= 15 is 0 Å². The number of rotatable bonds is 15. The Bertz CT molecular complexity index is 1260. The zero-order valence-corrected chi connectivity index (χ0v) is 25.7. The van der Waals surface area contributed by atoms with Gasteiger partial charge < -0.3 is 14.9 Å². The van der Waals surface area contributed by atoms with E-state index in [-0.39, 0.29) is 36.7 Å². The van der Waals surface area contributed by atoms with Crippen LogP contribution in [0.1, 0.15) is 45.9 Å². The topological polar surface area (TPSA) is 232 Å². The molecule has 1 aromatic rings. The Morgan fingerprint density at radius 1 is 1.15 bits per heavy atom. The molecule has 19 heteroatoms. The number of hydrogen-bond donors (Lipinski definition) is 3. The van der Waals surface area contributed by atoms with Crippen LogP contribution in [-0.2, 0) is 32.5 Å². The third-order valence-corrected chi connectivity index (χ3v) is 9.12. The van der Waals surface area contributed by atoms with Gasteiger partial charge in [-0.05, 0) is 40.1 Å². The summed E-state index contributed by atoms with van der Waals surface area (Å²) in [5.74, 6) is 0.00655. The lowest BCUT2D eigenvalue weighted by Crippen LogP contribution is -2.33. The number of carbonyl (C=O) groups is 2. The van der Waals surface area contributed by atoms with Crippen LogP contribution in [-0.4, -0.2) is 84.7 Å². The highest BCUT2D eigenvalue weighted by Gasteiger charge is 2.39. The molecule has 3 atom stereocenters. The van der Waals surface area contributed by atoms with Crippen molar-refractivity contribution in [1.82, 2.24) is 9.55 Å². The highest BCUT2D eigenvalue weighted by atomic mass is 32.2. The summed E-state index contributed by atoms with van der Waals surface area (Å²) in [5, 5.41) is 22.1. The van der Waals surface area contributed by atoms with E-state index in [4.69, 9.17) is 23.8 Å². The number of nitrogens with one attached hydrogen (secondary N) is 1. The molecular formula is C22H34N5O11PS2. The second-order valence-electron chi connectivity index (χ2n) is 9.92. The number of H-pyrrole nitrogens is 1. The second kappa shape index (κ2) is 15.0. The van der Waals surface area contributed by atoms with Gasteiger partial charge in [0.05, 0.1) is 32.0 Å². The Labute approximate surface area is 243 Å². The fraction of sp³-hybridized carbons (Fsp3) is 0.727. The van der Waals surface area contributed by atoms with E-state index in [0.29, 0.717) is 0 Å². The number of phosphoric ester groups is 1. The van der Waals surface area contributed by atoms with Crippen molar-refractivity contribution in [2.75, 3.05) is 31.3 Å². The molecule has 0 unspecified atom stereocenters. The first-order valence-corrected chi connectivity index (χ1v) is 15.7. The molecule has 1 aliphatic heterocycles. The number of aryl methyl sites for hydroxylation is 1. The molecule has 41 heavy (non-hydrogen) atoms. The van der Waals surface area contributed by atoms with Gasteiger partial charge in [-0.2, -0.15) is 0 Å². The molecule has 3 N–H and O–H groups in total. The van der Waals surface area contributed by atoms with Gasteiger partial charge in [0, 0.05) is 34.6 Å². The van der Waals surface area contributed by atoms with Crippen LogP contribution in [0.4, 0.5) is 0 Å². The van der Waals surface area contributed by atoms with Crippen molar-refractivity contribution >= 4 is 41.6 Å². The number of carbonyl (C=O) groups excluding carboxylic acids is 2. The maximum absolute atomic E-state index is 13.4. The van der Waals surface area contributed by atoms with Crippen molar-refractivity contribution in [3.05, 3.63) is 43.0 Å². The van der Waals surface area contributed by atoms with E-state index in [0.717, 1.165) is 28.1 Å². The molecule has 16 nitrogen and oxygen atoms in total. The highest BCUT2D eigenvalue weighted by Crippen LogP contribution is 2.50. The van der Waals surface area contributed by atoms with Crippen molar-refractivity contribution in [3.63, 3.8) is 0 Å². The van der Waals surface area contributed by atoms with Gasteiger partial charge in [-0.3, -0.25) is 37.5 Å². The Morgan fingerprint density at radius 3 is 2.17 bits per heavy atom. The molecule has 1 fully saturated rings. The molecule has 0 aromatic carbocycles. The molecule has 1 aromatic heterocycles. The third kappa shape index (κ3) is 11.0. The maximum atomic E-state index is 13.4. The third-order valence-electron chi connectivity index (χ3n) is 5.39. The van der Waals surface area contributed by atoms with Gasteiger partial charge in [0.1, 0.15) is 17.4 Å². The number of phosphoric acid groups is 1. The van der Waals surface area contributed by atoms with Gasteiger partial charge in [-0.25, -0.2) is 9.36 Å². The van der Waals surface area contributed by atoms with Gasteiger partial charge in [0.2, 0.25) is 10.2 Å². The molecule has 0 saturated carbocycles. The first-order chi connectivity index (χ1) is 19.0. The average Bonchev–Trinajstić information content (AvgIpc) is 3.27. The summed E-state index contributed by atoms with van der Waals surface area (Å²) in [6.45, 7) is 5.78. The summed E-state index contributed by atoms with van der Waals surface area (Å²) in [4.78, 5) is 52.8. The summed E-state index contributed by atoms with van der Waals surface area (Å²) in [6.07, 6.45) is -0.579. The lowest BCUT2D eigenvalue weighted by Gasteiger charge is -2.22. The van der Waals surface area contributed by atoms with E-state index in [2.05, 4.69) is 15.0 Å². The SMILES string of the molecule is Cc1cn([C@H]2C[C@H](N=[N+]=[N-])[C@@H](COP(=O)(OCCSC(=O)C(C)(C)O)OCCSC(=O)C(C)(C)O)O2)c(=O)[nH]c1=O. The van der Waals surface area contributed by atoms with Crippen LogP contribution in [0.3, 0.4) is 0 Å². The quantitative estimate of drug-likeness (QED) is 0.0820. The fourth-order valence-electron chi connectivity index (χ4n) is 3.22. The van der Waals surface area contributed by atoms with Crippen molar-refractivity contribution in [3.8, 4) is 0 Å². The largest absolute Gasteiger partial charge is 0.474 e. The number of aliphatic hydroxyl groups is 2. The molecule has 0 bridgehead atoms. The first kappa shape index (κ1) is 35.2. The Kier molecular flexibility index (Phi) is 12.8. The molecule has 1 saturated heterocycles. The number of ether oxygens (including phenoxy) is 1. The van der Waals surface area contributed by atoms with Crippen molar-refractivity contribution < 1.29 is 42.7 Å². The van der Waals surface area contributed by atoms with E-state index in [1.54, 1.807) is 0 Å². The standard InChI is InChI=1S/C22H34N5O11PS2/c1-13-11-27(20(31)24-17(13)28)16-10-14(25-26-23)15(38-16)12-37-39(34,35-6-8-40-18(29)21(2,3)32)36-7-9-41-19(30)22(4,5)33/h11,14-16,32-33H,6-10,12H2,1-5H3,(H,24,28,31)/t14-,15+,16+/m0/s1. The minimum absolute atomic E-state index is 0.00328. The molecule has 0 radical (unpaired) electrons. The smallest absolute Gasteiger partial charge is 0.382 e. The molecule has 2 heterocycles. The zero-order valence-electron chi connectivity index (χ0n) is 23.2. The molecule has 230 valence electrons. The van der Waals surface area contributed by atoms with Crippen LogP contribution in [0.25, 0.3) is 10.4 Å². The minimum atomic E-state index is -4.34. The fourth-order valence-corrected chi connectivity index (χ4v) is 6.06. The minimum Gasteiger partial charge on any atom is -0.382 e. The number of aromatic amines is 1. The van der Waals surface area contributed by atoms with Gasteiger partial charge in [-0.15, -0.1) is 0 Å². The number of azide groups is 1. The van der Waals surface area contributed by atoms with E-state index < -0.39 is 65.5 Å². The molecule has 0 spiro atoms. The van der Waals surface area contributed by atoms with Crippen LogP contribution in [0.2, 0.25) is 0 Å². The maximum Gasteiger partial charge on any atom is 0.474 e. The molecule has 0 aliphatic carbocycles. The molecule has 2 rings (SSSR count). The van der Waals surface area contributed by atoms with Gasteiger partial charge in [-0.1, -0.05) is 28.6 Å². The van der Waals surface area contributed by atoms with Gasteiger partial charge in [0.25, 0.3) is 5.56 Å². The summed E-state index contributed by atoms with van der Waals surface area (Å²) in [7, 11) is -4.34. The van der Waals surface area contributed by atoms with Crippen molar-refractivity contribution in [1.29, 1.82) is 0 Å². The van der Waals surface area contributed by atoms with Crippen LogP contribution in [0, 0.1) is 6.92 Å². The van der Waals surface area contributed by atoms with Crippen LogP contribution >= 0.6 is 31.3 Å². The Balaban J connectivity index is 2.11. The predicted molar refractivity (Wildman–Crippen MR) is 151 cm³/mol. The summed E-state index contributed by atoms with van der Waals surface area (Å²) >= 11 is 1.50. The lowest BCUT2D eigenvalue weighted by molar-refractivity contribution is -0.125. The Hall–Kier alpha value is -1.98. The van der Waals surface area contributed by atoms with Crippen LogP contribution < -0.4 is 11.2 Å². The average molecular weight is 640 g/mol. The van der Waals surface area contributed by atoms with Crippen molar-refractivity contribution in [2.45, 2.75) is 70.6 Å². The number of thioether (sulfide) groups is 2. The molecule has 1 aliphatic rings. The van der Waals surface area contributed by atoms with Crippen LogP contribution in [0.15, 0.2) is 20.9 Å². The molecular weight excluding hydrogens is 605 g/mol. The monoisotopic (exact) mass is 639 g/mol. The number of nitrogens with zero attached hydrogens (tertiary/aromatic N) is 4. The van der Waals surface area contributed by atoms with Gasteiger partial charge in [0.15, 0.2) is 0 Å². The normalized spacial score (nSPS) is 19.6. The Morgan fingerprint density at radius 2 is 1.68 bits per heavy atom. The van der Waals surface area contributed by atoms with E-state index in [1.165, 1.54) is 40.8 Å².